The molecule has 0 spiro atoms. The lowest BCUT2D eigenvalue weighted by Crippen LogP contribution is -2.44. The van der Waals surface area contributed by atoms with Crippen molar-refractivity contribution in [3.8, 4) is 0 Å². The molecule has 0 atom stereocenters. The Balaban J connectivity index is 0.000000238. The van der Waals surface area contributed by atoms with Crippen molar-refractivity contribution >= 4 is 5.69 Å². The van der Waals surface area contributed by atoms with Crippen molar-refractivity contribution in [2.45, 2.75) is 139 Å². The summed E-state index contributed by atoms with van der Waals surface area (Å²) < 4.78 is 0. The number of hydrogen-bond acceptors (Lipinski definition) is 1. The van der Waals surface area contributed by atoms with Gasteiger partial charge in [-0.15, -0.1) is 0 Å². The quantitative estimate of drug-likeness (QED) is 0.407. The summed E-state index contributed by atoms with van der Waals surface area (Å²) in [5.41, 5.74) is 5.96. The van der Waals surface area contributed by atoms with E-state index in [0.29, 0.717) is 10.8 Å². The normalized spacial score (nSPS) is 22.4. The fourth-order valence-corrected chi connectivity index (χ4v) is 5.86. The minimum atomic E-state index is 0.221. The van der Waals surface area contributed by atoms with Crippen LogP contribution in [0, 0.1) is 22.7 Å². The summed E-state index contributed by atoms with van der Waals surface area (Å²) >= 11 is 0. The summed E-state index contributed by atoms with van der Waals surface area (Å²) in [5, 5.41) is 0. The van der Waals surface area contributed by atoms with Crippen LogP contribution in [0.3, 0.4) is 0 Å². The Morgan fingerprint density at radius 3 is 1.82 bits per heavy atom. The van der Waals surface area contributed by atoms with Gasteiger partial charge in [0.2, 0.25) is 0 Å². The first-order valence-corrected chi connectivity index (χ1v) is 13.8. The molecule has 1 heterocycles. The zero-order valence-corrected chi connectivity index (χ0v) is 24.5. The fourth-order valence-electron chi connectivity index (χ4n) is 5.86. The molecular formula is C32H57N. The van der Waals surface area contributed by atoms with E-state index < -0.39 is 0 Å². The van der Waals surface area contributed by atoms with E-state index in [9.17, 15) is 0 Å². The van der Waals surface area contributed by atoms with Crippen LogP contribution in [-0.4, -0.2) is 12.1 Å². The Kier molecular flexibility index (Phi) is 8.85. The molecule has 0 unspecified atom stereocenters. The van der Waals surface area contributed by atoms with Crippen molar-refractivity contribution in [3.05, 3.63) is 29.3 Å². The first-order valence-electron chi connectivity index (χ1n) is 13.8. The van der Waals surface area contributed by atoms with Crippen molar-refractivity contribution < 1.29 is 0 Å². The maximum atomic E-state index is 2.55. The van der Waals surface area contributed by atoms with Crippen molar-refractivity contribution in [3.63, 3.8) is 0 Å². The smallest absolute Gasteiger partial charge is 0.0403 e. The third-order valence-electron chi connectivity index (χ3n) is 7.85. The molecule has 1 aromatic carbocycles. The summed E-state index contributed by atoms with van der Waals surface area (Å²) in [6.07, 6.45) is 9.79. The molecule has 0 amide bonds. The average molecular weight is 456 g/mol. The van der Waals surface area contributed by atoms with Gasteiger partial charge in [-0.25, -0.2) is 0 Å². The topological polar surface area (TPSA) is 3.24 Å². The molecule has 190 valence electrons. The number of aryl methyl sites for hydroxylation is 1. The van der Waals surface area contributed by atoms with Crippen LogP contribution in [0.25, 0.3) is 0 Å². The molecule has 3 rings (SSSR count). The largest absolute Gasteiger partial charge is 0.366 e. The molecule has 33 heavy (non-hydrogen) atoms. The first kappa shape index (κ1) is 28.3. The van der Waals surface area contributed by atoms with E-state index in [4.69, 9.17) is 0 Å². The summed E-state index contributed by atoms with van der Waals surface area (Å²) in [6.45, 7) is 29.3. The van der Waals surface area contributed by atoms with Crippen LogP contribution in [0.1, 0.15) is 133 Å². The minimum Gasteiger partial charge on any atom is -0.366 e. The number of hydrogen-bond donors (Lipinski definition) is 0. The van der Waals surface area contributed by atoms with Crippen molar-refractivity contribution in [2.75, 3.05) is 11.4 Å². The highest BCUT2D eigenvalue weighted by atomic mass is 15.2. The number of nitrogens with zero attached hydrogens (tertiary/aromatic N) is 1. The number of fused-ring (bicyclic) bond motifs is 1. The fraction of sp³-hybridized carbons (Fsp3) is 0.812. The zero-order valence-electron chi connectivity index (χ0n) is 24.5. The van der Waals surface area contributed by atoms with Gasteiger partial charge in [0, 0.05) is 17.8 Å². The molecule has 1 nitrogen and oxygen atoms in total. The van der Waals surface area contributed by atoms with Gasteiger partial charge in [0.25, 0.3) is 0 Å². The average Bonchev–Trinajstić information content (AvgIpc) is 2.64. The summed E-state index contributed by atoms with van der Waals surface area (Å²) in [6, 6.07) is 7.07. The van der Waals surface area contributed by atoms with Gasteiger partial charge < -0.3 is 4.90 Å². The Hall–Kier alpha value is -0.980. The monoisotopic (exact) mass is 455 g/mol. The van der Waals surface area contributed by atoms with Crippen LogP contribution >= 0.6 is 0 Å². The Morgan fingerprint density at radius 2 is 1.36 bits per heavy atom. The van der Waals surface area contributed by atoms with Crippen molar-refractivity contribution in [1.29, 1.82) is 0 Å². The third-order valence-corrected chi connectivity index (χ3v) is 7.85. The van der Waals surface area contributed by atoms with E-state index in [1.165, 1.54) is 68.3 Å². The van der Waals surface area contributed by atoms with Gasteiger partial charge in [0.15, 0.2) is 0 Å². The molecule has 1 heteroatoms. The predicted molar refractivity (Wildman–Crippen MR) is 150 cm³/mol. The molecule has 0 bridgehead atoms. The molecule has 0 N–H and O–H groups in total. The highest BCUT2D eigenvalue weighted by Crippen LogP contribution is 2.43. The second-order valence-electron chi connectivity index (χ2n) is 15.4. The van der Waals surface area contributed by atoms with Crippen LogP contribution in [0.15, 0.2) is 18.2 Å². The molecule has 1 saturated carbocycles. The van der Waals surface area contributed by atoms with Crippen molar-refractivity contribution in [2.24, 2.45) is 22.7 Å². The number of benzene rings is 1. The van der Waals surface area contributed by atoms with E-state index in [1.807, 2.05) is 0 Å². The van der Waals surface area contributed by atoms with Gasteiger partial charge in [-0.2, -0.15) is 0 Å². The second kappa shape index (κ2) is 10.3. The Morgan fingerprint density at radius 1 is 0.788 bits per heavy atom. The second-order valence-corrected chi connectivity index (χ2v) is 15.4. The first-order chi connectivity index (χ1) is 14.9. The van der Waals surface area contributed by atoms with Crippen molar-refractivity contribution in [1.82, 2.24) is 0 Å². The van der Waals surface area contributed by atoms with Gasteiger partial charge in [-0.1, -0.05) is 87.3 Å². The van der Waals surface area contributed by atoms with E-state index in [-0.39, 0.29) is 11.0 Å². The summed E-state index contributed by atoms with van der Waals surface area (Å²) in [4.78, 5) is 2.55. The molecule has 0 aromatic heterocycles. The molecule has 0 radical (unpaired) electrons. The van der Waals surface area contributed by atoms with Gasteiger partial charge in [-0.05, 0) is 98.1 Å². The van der Waals surface area contributed by atoms with Crippen LogP contribution in [-0.2, 0) is 11.8 Å². The lowest BCUT2D eigenvalue weighted by molar-refractivity contribution is 0.129. The van der Waals surface area contributed by atoms with Gasteiger partial charge in [-0.3, -0.25) is 0 Å². The molecule has 1 fully saturated rings. The highest BCUT2D eigenvalue weighted by molar-refractivity contribution is 5.59. The highest BCUT2D eigenvalue weighted by Gasteiger charge is 2.31. The summed E-state index contributed by atoms with van der Waals surface area (Å²) in [7, 11) is 0. The standard InChI is InChI=1S/C17H27N.C15H30/c1-16(2,3)14-9-10-15-13(12-14)8-7-11-18(15)17(4,5)6;1-14(2,3)11-12-7-9-13(10-8-12)15(4,5)6/h9-10,12H,7-8,11H2,1-6H3;12-13H,7-11H2,1-6H3. The van der Waals surface area contributed by atoms with Gasteiger partial charge in [0.1, 0.15) is 0 Å². The maximum Gasteiger partial charge on any atom is 0.0403 e. The molecule has 1 aliphatic heterocycles. The van der Waals surface area contributed by atoms with E-state index in [2.05, 4.69) is 106 Å². The van der Waals surface area contributed by atoms with Crippen LogP contribution in [0.5, 0.6) is 0 Å². The van der Waals surface area contributed by atoms with Crippen LogP contribution in [0.2, 0.25) is 0 Å². The number of anilines is 1. The van der Waals surface area contributed by atoms with E-state index in [1.54, 1.807) is 0 Å². The molecule has 1 aromatic rings. The van der Waals surface area contributed by atoms with E-state index >= 15 is 0 Å². The zero-order chi connectivity index (χ0) is 25.2. The Bertz CT molecular complexity index is 737. The van der Waals surface area contributed by atoms with Gasteiger partial charge in [0.05, 0.1) is 0 Å². The minimum absolute atomic E-state index is 0.221. The SMILES string of the molecule is CC(C)(C)CC1CCC(C(C)(C)C)CC1.CC(C)(C)c1ccc2c(c1)CCCN2C(C)(C)C. The summed E-state index contributed by atoms with van der Waals surface area (Å²) in [5.74, 6) is 1.97. The van der Waals surface area contributed by atoms with Crippen LogP contribution < -0.4 is 4.90 Å². The molecule has 0 saturated heterocycles. The third kappa shape index (κ3) is 8.63. The van der Waals surface area contributed by atoms with Gasteiger partial charge >= 0.3 is 0 Å². The maximum absolute atomic E-state index is 2.55. The number of rotatable bonds is 1. The Labute approximate surface area is 208 Å². The molecule has 1 aliphatic carbocycles. The molecule has 2 aliphatic rings. The lowest BCUT2D eigenvalue weighted by Gasteiger charge is -2.42. The molecular weight excluding hydrogens is 398 g/mol. The van der Waals surface area contributed by atoms with E-state index in [0.717, 1.165) is 11.8 Å². The predicted octanol–water partition coefficient (Wildman–Crippen LogP) is 9.81. The lowest BCUT2D eigenvalue weighted by atomic mass is 9.67. The van der Waals surface area contributed by atoms with Crippen LogP contribution in [0.4, 0.5) is 5.69 Å².